The summed E-state index contributed by atoms with van der Waals surface area (Å²) in [5, 5.41) is 6.74. The Hall–Kier alpha value is -0.620. The predicted molar refractivity (Wildman–Crippen MR) is 94.2 cm³/mol. The highest BCUT2D eigenvalue weighted by Crippen LogP contribution is 2.23. The molecular weight excluding hydrogens is 288 g/mol. The number of rotatable bonds is 8. The third-order valence-electron chi connectivity index (χ3n) is 3.16. The summed E-state index contributed by atoms with van der Waals surface area (Å²) in [5.74, 6) is 1.73. The van der Waals surface area contributed by atoms with E-state index in [-0.39, 0.29) is 9.49 Å². The Kier molecular flexibility index (Phi) is 6.45. The molecule has 1 aromatic heterocycles. The Balaban J connectivity index is 2.58. The molecule has 6 heteroatoms. The highest BCUT2D eigenvalue weighted by atomic mass is 32.2. The van der Waals surface area contributed by atoms with Crippen LogP contribution >= 0.6 is 23.5 Å². The molecule has 1 aromatic rings. The first-order valence-electron chi connectivity index (χ1n) is 6.68. The second kappa shape index (κ2) is 7.41. The maximum Gasteiger partial charge on any atom is 0.131 e. The monoisotopic (exact) mass is 314 g/mol. The molecule has 114 valence electrons. The number of hydrogen-bond acceptors (Lipinski definition) is 6. The van der Waals surface area contributed by atoms with Gasteiger partial charge in [0.05, 0.1) is 0 Å². The molecule has 4 nitrogen and oxygen atoms in total. The smallest absolute Gasteiger partial charge is 0.131 e. The molecule has 0 aliphatic carbocycles. The van der Waals surface area contributed by atoms with Crippen LogP contribution in [0.4, 0.5) is 11.6 Å². The Bertz CT molecular complexity index is 386. The molecule has 1 heterocycles. The molecule has 0 aromatic carbocycles. The number of nitrogens with one attached hydrogen (secondary N) is 2. The first-order valence-corrected chi connectivity index (χ1v) is 9.13. The van der Waals surface area contributed by atoms with Gasteiger partial charge in [-0.15, -0.1) is 0 Å². The van der Waals surface area contributed by atoms with E-state index in [1.807, 2.05) is 29.6 Å². The minimum absolute atomic E-state index is 0.194. The van der Waals surface area contributed by atoms with Gasteiger partial charge in [0.2, 0.25) is 0 Å². The number of thioether (sulfide) groups is 2. The Morgan fingerprint density at radius 2 is 1.30 bits per heavy atom. The Morgan fingerprint density at radius 3 is 1.65 bits per heavy atom. The zero-order valence-corrected chi connectivity index (χ0v) is 14.9. The van der Waals surface area contributed by atoms with Crippen molar-refractivity contribution in [1.82, 2.24) is 9.97 Å². The molecule has 0 spiro atoms. The van der Waals surface area contributed by atoms with Crippen molar-refractivity contribution in [3.63, 3.8) is 0 Å². The van der Waals surface area contributed by atoms with E-state index >= 15 is 0 Å². The molecule has 0 atom stereocenters. The average Bonchev–Trinajstić information content (AvgIpc) is 2.44. The molecule has 0 fully saturated rings. The van der Waals surface area contributed by atoms with Crippen molar-refractivity contribution in [2.24, 2.45) is 0 Å². The second-order valence-corrected chi connectivity index (χ2v) is 8.95. The van der Waals surface area contributed by atoms with Crippen molar-refractivity contribution < 1.29 is 0 Å². The second-order valence-electron chi connectivity index (χ2n) is 5.92. The highest BCUT2D eigenvalue weighted by molar-refractivity contribution is 8.00. The van der Waals surface area contributed by atoms with Crippen LogP contribution in [0.5, 0.6) is 0 Å². The average molecular weight is 315 g/mol. The number of anilines is 2. The summed E-state index contributed by atoms with van der Waals surface area (Å²) in [4.78, 5) is 8.53. The van der Waals surface area contributed by atoms with Crippen LogP contribution in [0.25, 0.3) is 0 Å². The largest absolute Gasteiger partial charge is 0.369 e. The summed E-state index contributed by atoms with van der Waals surface area (Å²) in [6.07, 6.45) is 5.85. The normalized spacial score (nSPS) is 12.3. The lowest BCUT2D eigenvalue weighted by Crippen LogP contribution is -2.27. The first-order chi connectivity index (χ1) is 9.28. The van der Waals surface area contributed by atoms with E-state index in [0.29, 0.717) is 0 Å². The van der Waals surface area contributed by atoms with Gasteiger partial charge >= 0.3 is 0 Å². The molecule has 0 bridgehead atoms. The van der Waals surface area contributed by atoms with E-state index in [0.717, 1.165) is 24.7 Å². The van der Waals surface area contributed by atoms with Gasteiger partial charge in [-0.2, -0.15) is 23.5 Å². The third kappa shape index (κ3) is 6.22. The van der Waals surface area contributed by atoms with Crippen LogP contribution in [0.1, 0.15) is 27.7 Å². The van der Waals surface area contributed by atoms with E-state index < -0.39 is 0 Å². The number of aromatic nitrogens is 2. The van der Waals surface area contributed by atoms with Crippen LogP contribution in [0.3, 0.4) is 0 Å². The van der Waals surface area contributed by atoms with E-state index in [1.54, 1.807) is 6.33 Å². The highest BCUT2D eigenvalue weighted by Gasteiger charge is 2.17. The topological polar surface area (TPSA) is 49.8 Å². The molecule has 0 aliphatic heterocycles. The molecule has 0 amide bonds. The van der Waals surface area contributed by atoms with Gasteiger partial charge in [0.15, 0.2) is 0 Å². The molecule has 1 rings (SSSR count). The Morgan fingerprint density at radius 1 is 0.900 bits per heavy atom. The maximum absolute atomic E-state index is 4.26. The minimum atomic E-state index is 0.194. The van der Waals surface area contributed by atoms with Crippen molar-refractivity contribution in [2.75, 3.05) is 36.2 Å². The van der Waals surface area contributed by atoms with Crippen LogP contribution in [0.15, 0.2) is 12.4 Å². The summed E-state index contributed by atoms with van der Waals surface area (Å²) in [7, 11) is 0. The van der Waals surface area contributed by atoms with Crippen molar-refractivity contribution in [3.05, 3.63) is 12.4 Å². The number of hydrogen-bond donors (Lipinski definition) is 2. The van der Waals surface area contributed by atoms with Crippen molar-refractivity contribution in [1.29, 1.82) is 0 Å². The lowest BCUT2D eigenvalue weighted by molar-refractivity contribution is 0.746. The van der Waals surface area contributed by atoms with Crippen LogP contribution in [0, 0.1) is 0 Å². The van der Waals surface area contributed by atoms with Crippen molar-refractivity contribution in [3.8, 4) is 0 Å². The van der Waals surface area contributed by atoms with Crippen molar-refractivity contribution >= 4 is 35.2 Å². The van der Waals surface area contributed by atoms with Crippen LogP contribution in [-0.4, -0.2) is 45.1 Å². The van der Waals surface area contributed by atoms with Gasteiger partial charge < -0.3 is 10.6 Å². The zero-order valence-electron chi connectivity index (χ0n) is 13.3. The summed E-state index contributed by atoms with van der Waals surface area (Å²) in [6.45, 7) is 10.6. The molecule has 2 N–H and O–H groups in total. The van der Waals surface area contributed by atoms with Crippen LogP contribution < -0.4 is 10.6 Å². The van der Waals surface area contributed by atoms with Gasteiger partial charge in [0, 0.05) is 28.6 Å². The minimum Gasteiger partial charge on any atom is -0.369 e. The summed E-state index contributed by atoms with van der Waals surface area (Å²) < 4.78 is 0.388. The van der Waals surface area contributed by atoms with Gasteiger partial charge in [-0.3, -0.25) is 0 Å². The molecule has 0 saturated carbocycles. The van der Waals surface area contributed by atoms with Gasteiger partial charge in [0.1, 0.15) is 18.0 Å². The van der Waals surface area contributed by atoms with Gasteiger partial charge in [0.25, 0.3) is 0 Å². The van der Waals surface area contributed by atoms with Gasteiger partial charge in [-0.05, 0) is 40.2 Å². The lowest BCUT2D eigenvalue weighted by Gasteiger charge is -2.23. The SMILES string of the molecule is CSC(C)(C)CNc1cc(NCC(C)(C)SC)ncn1. The van der Waals surface area contributed by atoms with E-state index in [4.69, 9.17) is 0 Å². The predicted octanol–water partition coefficient (Wildman–Crippen LogP) is 3.58. The fourth-order valence-electron chi connectivity index (χ4n) is 1.30. The fraction of sp³-hybridized carbons (Fsp3) is 0.714. The standard InChI is InChI=1S/C14H26N4S2/c1-13(2,19-5)8-15-11-7-12(18-10-17-11)16-9-14(3,4)20-6/h7,10H,8-9H2,1-6H3,(H2,15,16,17,18). The zero-order chi connectivity index (χ0) is 15.2. The molecule has 20 heavy (non-hydrogen) atoms. The van der Waals surface area contributed by atoms with E-state index in [2.05, 4.69) is 60.8 Å². The van der Waals surface area contributed by atoms with Crippen molar-refractivity contribution in [2.45, 2.75) is 37.2 Å². The van der Waals surface area contributed by atoms with E-state index in [9.17, 15) is 0 Å². The fourth-order valence-corrected chi connectivity index (χ4v) is 1.73. The first kappa shape index (κ1) is 17.4. The molecular formula is C14H26N4S2. The lowest BCUT2D eigenvalue weighted by atomic mass is 10.2. The molecule has 0 radical (unpaired) electrons. The van der Waals surface area contributed by atoms with Crippen LogP contribution in [0.2, 0.25) is 0 Å². The summed E-state index contributed by atoms with van der Waals surface area (Å²) in [5.41, 5.74) is 0. The Labute approximate surface area is 131 Å². The van der Waals surface area contributed by atoms with E-state index in [1.165, 1.54) is 0 Å². The third-order valence-corrected chi connectivity index (χ3v) is 5.66. The molecule has 0 unspecified atom stereocenters. The summed E-state index contributed by atoms with van der Waals surface area (Å²) >= 11 is 3.69. The van der Waals surface area contributed by atoms with Gasteiger partial charge in [-0.25, -0.2) is 9.97 Å². The molecule has 0 aliphatic rings. The summed E-state index contributed by atoms with van der Waals surface area (Å²) in [6, 6.07) is 1.97. The maximum atomic E-state index is 4.26. The molecule has 0 saturated heterocycles. The quantitative estimate of drug-likeness (QED) is 0.765. The number of nitrogens with zero attached hydrogens (tertiary/aromatic N) is 2. The van der Waals surface area contributed by atoms with Crippen LogP contribution in [-0.2, 0) is 0 Å². The van der Waals surface area contributed by atoms with Gasteiger partial charge in [-0.1, -0.05) is 0 Å².